The van der Waals surface area contributed by atoms with Gasteiger partial charge in [0, 0.05) is 33.2 Å². The Morgan fingerprint density at radius 3 is 2.50 bits per heavy atom. The number of carbonyl (C=O) groups is 1. The molecule has 0 aliphatic carbocycles. The molecule has 4 nitrogen and oxygen atoms in total. The minimum absolute atomic E-state index is 0.160. The number of halogens is 1. The van der Waals surface area contributed by atoms with Crippen molar-refractivity contribution >= 4 is 35.0 Å². The molecule has 1 aliphatic rings. The van der Waals surface area contributed by atoms with E-state index in [9.17, 15) is 4.79 Å². The van der Waals surface area contributed by atoms with Crippen LogP contribution in [0.1, 0.15) is 45.2 Å². The summed E-state index contributed by atoms with van der Waals surface area (Å²) in [5.74, 6) is -0.160. The lowest BCUT2D eigenvalue weighted by Gasteiger charge is -2.09. The van der Waals surface area contributed by atoms with Crippen molar-refractivity contribution in [2.45, 2.75) is 39.0 Å². The van der Waals surface area contributed by atoms with E-state index in [0.29, 0.717) is 13.0 Å². The quantitative estimate of drug-likeness (QED) is 0.407. The molecule has 160 valence electrons. The Hall–Kier alpha value is -2.34. The molecule has 0 saturated heterocycles. The van der Waals surface area contributed by atoms with Gasteiger partial charge >= 0.3 is 0 Å². The number of nitrogens with zero attached hydrogens (tertiary/aromatic N) is 1. The fourth-order valence-electron chi connectivity index (χ4n) is 2.33. The third-order valence-electron chi connectivity index (χ3n) is 3.56. The van der Waals surface area contributed by atoms with Crippen LogP contribution in [0.4, 0.5) is 0 Å². The maximum Gasteiger partial charge on any atom is 0.247 e. The van der Waals surface area contributed by atoms with E-state index in [4.69, 9.17) is 16.6 Å². The molecule has 0 atom stereocenters. The Morgan fingerprint density at radius 2 is 1.87 bits per heavy atom. The summed E-state index contributed by atoms with van der Waals surface area (Å²) in [4.78, 5) is 21.1. The molecule has 1 aliphatic heterocycles. The Morgan fingerprint density at radius 1 is 1.20 bits per heavy atom. The molecule has 0 fully saturated rings. The zero-order chi connectivity index (χ0) is 22.4. The molecule has 30 heavy (non-hydrogen) atoms. The first-order chi connectivity index (χ1) is 14.5. The summed E-state index contributed by atoms with van der Waals surface area (Å²) in [6.07, 6.45) is 1.83. The van der Waals surface area contributed by atoms with Gasteiger partial charge in [0.2, 0.25) is 5.91 Å². The van der Waals surface area contributed by atoms with Gasteiger partial charge in [-0.25, -0.2) is 5.48 Å². The fraction of sp³-hybridized carbons (Fsp3) is 0.250. The van der Waals surface area contributed by atoms with Crippen LogP contribution in [0, 0.1) is 0 Å². The van der Waals surface area contributed by atoms with E-state index in [-0.39, 0.29) is 5.91 Å². The van der Waals surface area contributed by atoms with Crippen LogP contribution >= 0.6 is 23.4 Å². The number of rotatable bonds is 5. The molecule has 0 spiro atoms. The number of amides is 1. The summed E-state index contributed by atoms with van der Waals surface area (Å²) in [6, 6.07) is 16.2. The maximum atomic E-state index is 10.5. The van der Waals surface area contributed by atoms with Gasteiger partial charge in [0.1, 0.15) is 0 Å². The summed E-state index contributed by atoms with van der Waals surface area (Å²) in [5, 5.41) is 2.83. The van der Waals surface area contributed by atoms with Crippen molar-refractivity contribution in [3.63, 3.8) is 0 Å². The second-order valence-corrected chi connectivity index (χ2v) is 7.14. The van der Waals surface area contributed by atoms with Crippen molar-refractivity contribution < 1.29 is 9.63 Å². The summed E-state index contributed by atoms with van der Waals surface area (Å²) in [5.41, 5.74) is 6.51. The summed E-state index contributed by atoms with van der Waals surface area (Å²) in [6.45, 7) is 11.7. The van der Waals surface area contributed by atoms with Crippen molar-refractivity contribution in [3.05, 3.63) is 88.4 Å². The van der Waals surface area contributed by atoms with Crippen LogP contribution in [0.25, 0.3) is 0 Å². The number of nitrogens with one attached hydrogen (secondary N) is 1. The van der Waals surface area contributed by atoms with E-state index in [2.05, 4.69) is 40.5 Å². The van der Waals surface area contributed by atoms with Crippen LogP contribution in [-0.2, 0) is 9.63 Å². The Labute approximate surface area is 189 Å². The van der Waals surface area contributed by atoms with Crippen molar-refractivity contribution in [2.24, 2.45) is 4.99 Å². The molecule has 1 N–H and O–H groups in total. The van der Waals surface area contributed by atoms with E-state index in [1.165, 1.54) is 16.5 Å². The zero-order valence-corrected chi connectivity index (χ0v) is 19.5. The lowest BCUT2D eigenvalue weighted by molar-refractivity contribution is -0.132. The standard InChI is InChI=1S/C16H12ClNS.C6H11NO2.C2H6/c1-11-10-19-15-5-3-2-4-14(15)16(18-11)12-6-8-13(17)9-7-12;1-3-5-6(8)7-9-4-2;1-2/h2-10H,1H3;3H,1,4-5H2,2H3,(H,7,8);1-2H3. The summed E-state index contributed by atoms with van der Waals surface area (Å²) in [7, 11) is 0. The number of carbonyl (C=O) groups excluding carboxylic acids is 1. The van der Waals surface area contributed by atoms with Gasteiger partial charge in [-0.1, -0.05) is 73.6 Å². The van der Waals surface area contributed by atoms with Crippen molar-refractivity contribution in [2.75, 3.05) is 6.61 Å². The normalized spacial score (nSPS) is 11.8. The van der Waals surface area contributed by atoms with E-state index >= 15 is 0 Å². The van der Waals surface area contributed by atoms with Gasteiger partial charge in [-0.05, 0) is 37.5 Å². The van der Waals surface area contributed by atoms with Gasteiger partial charge in [-0.2, -0.15) is 0 Å². The second-order valence-electron chi connectivity index (χ2n) is 5.79. The van der Waals surface area contributed by atoms with E-state index in [0.717, 1.165) is 22.0 Å². The SMILES string of the molecule is C=CCC(=O)NOCC.CC.CC1=CSc2ccccc2C(c2ccc(Cl)cc2)=N1. The fourth-order valence-corrected chi connectivity index (χ4v) is 3.26. The molecular formula is C24H29ClN2O2S. The van der Waals surface area contributed by atoms with Crippen LogP contribution in [0.15, 0.2) is 82.2 Å². The van der Waals surface area contributed by atoms with Crippen molar-refractivity contribution in [1.29, 1.82) is 0 Å². The molecule has 0 unspecified atom stereocenters. The van der Waals surface area contributed by atoms with Crippen molar-refractivity contribution in [3.8, 4) is 0 Å². The molecule has 1 amide bonds. The monoisotopic (exact) mass is 444 g/mol. The molecule has 0 bridgehead atoms. The molecular weight excluding hydrogens is 416 g/mol. The Bertz CT molecular complexity index is 877. The number of hydrogen-bond acceptors (Lipinski definition) is 4. The second kappa shape index (κ2) is 14.6. The Balaban J connectivity index is 0.000000349. The van der Waals surface area contributed by atoms with Crippen LogP contribution in [0.5, 0.6) is 0 Å². The van der Waals surface area contributed by atoms with Crippen LogP contribution in [-0.4, -0.2) is 18.2 Å². The third-order valence-corrected chi connectivity index (χ3v) is 4.89. The minimum atomic E-state index is -0.160. The van der Waals surface area contributed by atoms with Gasteiger partial charge in [-0.3, -0.25) is 14.6 Å². The highest BCUT2D eigenvalue weighted by atomic mass is 35.5. The molecule has 1 heterocycles. The van der Waals surface area contributed by atoms with Gasteiger partial charge in [0.25, 0.3) is 0 Å². The van der Waals surface area contributed by atoms with Crippen LogP contribution < -0.4 is 5.48 Å². The molecule has 0 aromatic heterocycles. The van der Waals surface area contributed by atoms with Gasteiger partial charge < -0.3 is 0 Å². The highest BCUT2D eigenvalue weighted by Crippen LogP contribution is 2.31. The van der Waals surface area contributed by atoms with Gasteiger partial charge in [0.05, 0.1) is 12.3 Å². The topological polar surface area (TPSA) is 50.7 Å². The number of aliphatic imine (C=N–C) groups is 1. The van der Waals surface area contributed by atoms with Crippen LogP contribution in [0.3, 0.4) is 0 Å². The van der Waals surface area contributed by atoms with E-state index < -0.39 is 0 Å². The summed E-state index contributed by atoms with van der Waals surface area (Å²) < 4.78 is 0. The highest BCUT2D eigenvalue weighted by Gasteiger charge is 2.14. The number of allylic oxidation sites excluding steroid dienone is 1. The minimum Gasteiger partial charge on any atom is -0.274 e. The summed E-state index contributed by atoms with van der Waals surface area (Å²) >= 11 is 7.67. The number of fused-ring (bicyclic) bond motifs is 1. The number of benzene rings is 2. The molecule has 6 heteroatoms. The Kier molecular flexibility index (Phi) is 12.5. The largest absolute Gasteiger partial charge is 0.274 e. The van der Waals surface area contributed by atoms with E-state index in [1.54, 1.807) is 18.7 Å². The average Bonchev–Trinajstić information content (AvgIpc) is 2.94. The lowest BCUT2D eigenvalue weighted by atomic mass is 10.0. The third kappa shape index (κ3) is 8.57. The smallest absolute Gasteiger partial charge is 0.247 e. The zero-order valence-electron chi connectivity index (χ0n) is 17.9. The maximum absolute atomic E-state index is 10.5. The molecule has 3 rings (SSSR count). The molecule has 2 aromatic carbocycles. The number of hydrogen-bond donors (Lipinski definition) is 1. The predicted molar refractivity (Wildman–Crippen MR) is 129 cm³/mol. The highest BCUT2D eigenvalue weighted by molar-refractivity contribution is 8.02. The number of thioether (sulfide) groups is 1. The molecule has 2 aromatic rings. The van der Waals surface area contributed by atoms with Crippen molar-refractivity contribution in [1.82, 2.24) is 5.48 Å². The first-order valence-electron chi connectivity index (χ1n) is 9.84. The predicted octanol–water partition coefficient (Wildman–Crippen LogP) is 6.80. The van der Waals surface area contributed by atoms with Gasteiger partial charge in [0.15, 0.2) is 0 Å². The number of hydroxylamine groups is 1. The lowest BCUT2D eigenvalue weighted by Crippen LogP contribution is -2.22. The first kappa shape index (κ1) is 25.7. The van der Waals surface area contributed by atoms with E-state index in [1.807, 2.05) is 51.1 Å². The molecule has 0 saturated carbocycles. The van der Waals surface area contributed by atoms with Gasteiger partial charge in [-0.15, -0.1) is 6.58 Å². The molecule has 0 radical (unpaired) electrons. The first-order valence-corrected chi connectivity index (χ1v) is 11.1. The van der Waals surface area contributed by atoms with Crippen LogP contribution in [0.2, 0.25) is 5.02 Å². The average molecular weight is 445 g/mol.